The van der Waals surface area contributed by atoms with Crippen molar-refractivity contribution in [1.82, 2.24) is 5.32 Å². The topological polar surface area (TPSA) is 49.3 Å². The summed E-state index contributed by atoms with van der Waals surface area (Å²) in [4.78, 5) is 11.6. The largest absolute Gasteiger partial charge is 0.396 e. The molecule has 0 heterocycles. The fourth-order valence-electron chi connectivity index (χ4n) is 1.21. The third-order valence-electron chi connectivity index (χ3n) is 2.04. The monoisotopic (exact) mass is 289 g/mol. The second-order valence-corrected chi connectivity index (χ2v) is 4.17. The predicted octanol–water partition coefficient (Wildman–Crippen LogP) is 2.09. The van der Waals surface area contributed by atoms with E-state index in [4.69, 9.17) is 5.11 Å². The maximum Gasteiger partial charge on any atom is 0.252 e. The minimum absolute atomic E-state index is 0.111. The molecule has 5 heteroatoms. The van der Waals surface area contributed by atoms with Crippen molar-refractivity contribution >= 4 is 21.8 Å². The Kier molecular flexibility index (Phi) is 5.42. The zero-order valence-corrected chi connectivity index (χ0v) is 10.3. The average molecular weight is 290 g/mol. The SMILES string of the molecule is O=C(NCCCCO)c1cc(F)ccc1Br. The molecule has 1 aromatic rings. The third-order valence-corrected chi connectivity index (χ3v) is 2.73. The molecule has 88 valence electrons. The Morgan fingerprint density at radius 1 is 1.44 bits per heavy atom. The van der Waals surface area contributed by atoms with Crippen LogP contribution in [0.25, 0.3) is 0 Å². The van der Waals surface area contributed by atoms with Crippen molar-refractivity contribution in [1.29, 1.82) is 0 Å². The summed E-state index contributed by atoms with van der Waals surface area (Å²) in [6.07, 6.45) is 1.35. The summed E-state index contributed by atoms with van der Waals surface area (Å²) in [6, 6.07) is 3.97. The quantitative estimate of drug-likeness (QED) is 0.816. The van der Waals surface area contributed by atoms with Crippen molar-refractivity contribution < 1.29 is 14.3 Å². The number of hydrogen-bond donors (Lipinski definition) is 2. The number of aliphatic hydroxyl groups excluding tert-OH is 1. The van der Waals surface area contributed by atoms with Gasteiger partial charge < -0.3 is 10.4 Å². The van der Waals surface area contributed by atoms with Gasteiger partial charge in [-0.25, -0.2) is 4.39 Å². The van der Waals surface area contributed by atoms with Gasteiger partial charge in [0.05, 0.1) is 5.56 Å². The number of carbonyl (C=O) groups is 1. The lowest BCUT2D eigenvalue weighted by molar-refractivity contribution is 0.0951. The van der Waals surface area contributed by atoms with Crippen LogP contribution in [0.15, 0.2) is 22.7 Å². The molecule has 0 atom stereocenters. The Morgan fingerprint density at radius 3 is 2.88 bits per heavy atom. The van der Waals surface area contributed by atoms with Crippen molar-refractivity contribution in [3.05, 3.63) is 34.1 Å². The summed E-state index contributed by atoms with van der Waals surface area (Å²) in [5.74, 6) is -0.756. The van der Waals surface area contributed by atoms with E-state index in [9.17, 15) is 9.18 Å². The van der Waals surface area contributed by atoms with Crippen molar-refractivity contribution in [2.45, 2.75) is 12.8 Å². The van der Waals surface area contributed by atoms with Gasteiger partial charge in [-0.05, 0) is 47.0 Å². The highest BCUT2D eigenvalue weighted by Crippen LogP contribution is 2.17. The van der Waals surface area contributed by atoms with Gasteiger partial charge in [0.15, 0.2) is 0 Å². The maximum absolute atomic E-state index is 12.9. The van der Waals surface area contributed by atoms with Gasteiger partial charge in [-0.15, -0.1) is 0 Å². The molecule has 0 radical (unpaired) electrons. The van der Waals surface area contributed by atoms with Crippen LogP contribution in [0.4, 0.5) is 4.39 Å². The first-order chi connectivity index (χ1) is 7.65. The van der Waals surface area contributed by atoms with Crippen molar-refractivity contribution in [2.24, 2.45) is 0 Å². The summed E-state index contributed by atoms with van der Waals surface area (Å²) < 4.78 is 13.5. The molecule has 0 aliphatic rings. The molecule has 0 saturated carbocycles. The molecule has 3 nitrogen and oxygen atoms in total. The maximum atomic E-state index is 12.9. The van der Waals surface area contributed by atoms with Crippen molar-refractivity contribution in [3.8, 4) is 0 Å². The Hall–Kier alpha value is -0.940. The number of benzene rings is 1. The van der Waals surface area contributed by atoms with E-state index >= 15 is 0 Å². The summed E-state index contributed by atoms with van der Waals surface area (Å²) in [7, 11) is 0. The minimum atomic E-state index is -0.441. The van der Waals surface area contributed by atoms with Gasteiger partial charge in [-0.2, -0.15) is 0 Å². The van der Waals surface area contributed by atoms with E-state index in [1.165, 1.54) is 18.2 Å². The number of rotatable bonds is 5. The van der Waals surface area contributed by atoms with E-state index in [2.05, 4.69) is 21.2 Å². The van der Waals surface area contributed by atoms with Gasteiger partial charge in [0.2, 0.25) is 0 Å². The van der Waals surface area contributed by atoms with E-state index in [-0.39, 0.29) is 18.1 Å². The van der Waals surface area contributed by atoms with Crippen LogP contribution in [-0.4, -0.2) is 24.2 Å². The van der Waals surface area contributed by atoms with Crippen LogP contribution in [0.1, 0.15) is 23.2 Å². The zero-order valence-electron chi connectivity index (χ0n) is 8.67. The first-order valence-corrected chi connectivity index (χ1v) is 5.78. The number of unbranched alkanes of at least 4 members (excludes halogenated alkanes) is 1. The predicted molar refractivity (Wildman–Crippen MR) is 62.8 cm³/mol. The molecule has 1 rings (SSSR count). The molecule has 0 aromatic heterocycles. The normalized spacial score (nSPS) is 10.2. The number of hydrogen-bond acceptors (Lipinski definition) is 2. The molecular formula is C11H13BrFNO2. The minimum Gasteiger partial charge on any atom is -0.396 e. The molecule has 0 saturated heterocycles. The van der Waals surface area contributed by atoms with Crippen LogP contribution in [0, 0.1) is 5.82 Å². The number of halogens is 2. The lowest BCUT2D eigenvalue weighted by atomic mass is 10.2. The van der Waals surface area contributed by atoms with E-state index in [1.54, 1.807) is 0 Å². The zero-order chi connectivity index (χ0) is 12.0. The van der Waals surface area contributed by atoms with Crippen LogP contribution in [-0.2, 0) is 0 Å². The standard InChI is InChI=1S/C11H13BrFNO2/c12-10-4-3-8(13)7-9(10)11(16)14-5-1-2-6-15/h3-4,7,15H,1-2,5-6H2,(H,14,16). The number of nitrogens with one attached hydrogen (secondary N) is 1. The second kappa shape index (κ2) is 6.60. The molecule has 0 aliphatic heterocycles. The molecule has 1 aromatic carbocycles. The van der Waals surface area contributed by atoms with E-state index < -0.39 is 5.82 Å². The number of aliphatic hydroxyl groups is 1. The highest BCUT2D eigenvalue weighted by Gasteiger charge is 2.10. The molecule has 0 unspecified atom stereocenters. The third kappa shape index (κ3) is 3.90. The summed E-state index contributed by atoms with van der Waals surface area (Å²) in [6.45, 7) is 0.585. The first kappa shape index (κ1) is 13.1. The van der Waals surface area contributed by atoms with Gasteiger partial charge in [0.25, 0.3) is 5.91 Å². The fourth-order valence-corrected chi connectivity index (χ4v) is 1.63. The van der Waals surface area contributed by atoms with Crippen molar-refractivity contribution in [3.63, 3.8) is 0 Å². The van der Waals surface area contributed by atoms with E-state index in [0.29, 0.717) is 23.9 Å². The lowest BCUT2D eigenvalue weighted by Gasteiger charge is -2.06. The van der Waals surface area contributed by atoms with E-state index in [0.717, 1.165) is 0 Å². The lowest BCUT2D eigenvalue weighted by Crippen LogP contribution is -2.25. The Bertz CT molecular complexity index is 371. The highest BCUT2D eigenvalue weighted by atomic mass is 79.9. The first-order valence-electron chi connectivity index (χ1n) is 4.99. The van der Waals surface area contributed by atoms with Crippen LogP contribution >= 0.6 is 15.9 Å². The van der Waals surface area contributed by atoms with Gasteiger partial charge >= 0.3 is 0 Å². The van der Waals surface area contributed by atoms with Gasteiger partial charge in [0, 0.05) is 17.6 Å². The molecule has 1 amide bonds. The molecule has 2 N–H and O–H groups in total. The van der Waals surface area contributed by atoms with Crippen LogP contribution in [0.5, 0.6) is 0 Å². The Balaban J connectivity index is 2.55. The Morgan fingerprint density at radius 2 is 2.19 bits per heavy atom. The highest BCUT2D eigenvalue weighted by molar-refractivity contribution is 9.10. The summed E-state index contributed by atoms with van der Waals surface area (Å²) >= 11 is 3.19. The second-order valence-electron chi connectivity index (χ2n) is 3.31. The van der Waals surface area contributed by atoms with Crippen LogP contribution in [0.2, 0.25) is 0 Å². The molecule has 0 fully saturated rings. The number of amides is 1. The number of carbonyl (C=O) groups excluding carboxylic acids is 1. The van der Waals surface area contributed by atoms with Gasteiger partial charge in [0.1, 0.15) is 5.82 Å². The van der Waals surface area contributed by atoms with Crippen LogP contribution in [0.3, 0.4) is 0 Å². The fraction of sp³-hybridized carbons (Fsp3) is 0.364. The molecular weight excluding hydrogens is 277 g/mol. The molecule has 16 heavy (non-hydrogen) atoms. The smallest absolute Gasteiger partial charge is 0.252 e. The average Bonchev–Trinajstić information content (AvgIpc) is 2.27. The van der Waals surface area contributed by atoms with Crippen molar-refractivity contribution in [2.75, 3.05) is 13.2 Å². The Labute approximate surface area is 102 Å². The van der Waals surface area contributed by atoms with Gasteiger partial charge in [-0.1, -0.05) is 0 Å². The van der Waals surface area contributed by atoms with Crippen LogP contribution < -0.4 is 5.32 Å². The summed E-state index contributed by atoms with van der Waals surface area (Å²) in [5, 5.41) is 11.2. The summed E-state index contributed by atoms with van der Waals surface area (Å²) in [5.41, 5.74) is 0.281. The molecule has 0 spiro atoms. The molecule has 0 bridgehead atoms. The van der Waals surface area contributed by atoms with Gasteiger partial charge in [-0.3, -0.25) is 4.79 Å². The molecule has 0 aliphatic carbocycles. The van der Waals surface area contributed by atoms with E-state index in [1.807, 2.05) is 0 Å².